The van der Waals surface area contributed by atoms with Crippen LogP contribution in [-0.4, -0.2) is 11.8 Å². The Morgan fingerprint density at radius 3 is 2.55 bits per heavy atom. The third kappa shape index (κ3) is 8.65. The monoisotopic (exact) mass is 293 g/mol. The average molecular weight is 294 g/mol. The summed E-state index contributed by atoms with van der Waals surface area (Å²) in [6.45, 7) is 7.63. The van der Waals surface area contributed by atoms with Gasteiger partial charge < -0.3 is 5.32 Å². The van der Waals surface area contributed by atoms with Gasteiger partial charge in [0.2, 0.25) is 0 Å². The van der Waals surface area contributed by atoms with E-state index < -0.39 is 0 Å². The van der Waals surface area contributed by atoms with E-state index in [1.165, 1.54) is 54.7 Å². The maximum absolute atomic E-state index is 3.48. The highest BCUT2D eigenvalue weighted by molar-refractivity contribution is 7.99. The van der Waals surface area contributed by atoms with Gasteiger partial charge in [0, 0.05) is 17.5 Å². The van der Waals surface area contributed by atoms with E-state index in [4.69, 9.17) is 0 Å². The second kappa shape index (κ2) is 11.2. The summed E-state index contributed by atoms with van der Waals surface area (Å²) in [4.78, 5) is 1.42. The molecule has 0 aliphatic rings. The summed E-state index contributed by atoms with van der Waals surface area (Å²) in [5, 5.41) is 3.48. The van der Waals surface area contributed by atoms with E-state index in [0.29, 0.717) is 6.04 Å². The third-order valence-corrected chi connectivity index (χ3v) is 4.46. The maximum Gasteiger partial charge on any atom is 0.0208 e. The van der Waals surface area contributed by atoms with E-state index in [0.717, 1.165) is 6.54 Å². The van der Waals surface area contributed by atoms with Crippen molar-refractivity contribution in [2.75, 3.05) is 5.75 Å². The summed E-state index contributed by atoms with van der Waals surface area (Å²) in [5.74, 6) is 1.26. The van der Waals surface area contributed by atoms with Crippen molar-refractivity contribution in [2.45, 2.75) is 76.8 Å². The lowest BCUT2D eigenvalue weighted by Crippen LogP contribution is -2.21. The zero-order chi connectivity index (χ0) is 14.6. The molecule has 0 fully saturated rings. The highest BCUT2D eigenvalue weighted by atomic mass is 32.2. The summed E-state index contributed by atoms with van der Waals surface area (Å²) in [6, 6.07) is 9.51. The van der Waals surface area contributed by atoms with Gasteiger partial charge in [-0.2, -0.15) is 0 Å². The van der Waals surface area contributed by atoms with Crippen LogP contribution in [0.1, 0.15) is 64.9 Å². The lowest BCUT2D eigenvalue weighted by molar-refractivity contribution is 0.588. The molecule has 0 saturated carbocycles. The maximum atomic E-state index is 3.48. The van der Waals surface area contributed by atoms with E-state index in [-0.39, 0.29) is 0 Å². The molecule has 0 bridgehead atoms. The lowest BCUT2D eigenvalue weighted by atomic mass is 10.1. The molecule has 0 saturated heterocycles. The van der Waals surface area contributed by atoms with Crippen LogP contribution in [-0.2, 0) is 6.54 Å². The zero-order valence-electron chi connectivity index (χ0n) is 13.5. The van der Waals surface area contributed by atoms with Crippen LogP contribution in [0.5, 0.6) is 0 Å². The predicted molar refractivity (Wildman–Crippen MR) is 92.5 cm³/mol. The van der Waals surface area contributed by atoms with Gasteiger partial charge in [-0.05, 0) is 29.9 Å². The SMILES string of the molecule is CCCCCCCCSc1cccc(CNC(C)C)c1. The van der Waals surface area contributed by atoms with Crippen molar-refractivity contribution in [3.63, 3.8) is 0 Å². The topological polar surface area (TPSA) is 12.0 Å². The molecular formula is C18H31NS. The van der Waals surface area contributed by atoms with Crippen molar-refractivity contribution in [2.24, 2.45) is 0 Å². The Morgan fingerprint density at radius 1 is 1.05 bits per heavy atom. The lowest BCUT2D eigenvalue weighted by Gasteiger charge is -2.09. The first-order valence-electron chi connectivity index (χ1n) is 8.17. The minimum Gasteiger partial charge on any atom is -0.310 e. The van der Waals surface area contributed by atoms with Gasteiger partial charge in [-0.25, -0.2) is 0 Å². The summed E-state index contributed by atoms with van der Waals surface area (Å²) in [6.07, 6.45) is 8.30. The van der Waals surface area contributed by atoms with E-state index in [2.05, 4.69) is 50.4 Å². The van der Waals surface area contributed by atoms with E-state index in [1.54, 1.807) is 0 Å². The smallest absolute Gasteiger partial charge is 0.0208 e. The zero-order valence-corrected chi connectivity index (χ0v) is 14.3. The van der Waals surface area contributed by atoms with Crippen LogP contribution in [0.4, 0.5) is 0 Å². The van der Waals surface area contributed by atoms with Gasteiger partial charge in [-0.15, -0.1) is 11.8 Å². The summed E-state index contributed by atoms with van der Waals surface area (Å²) in [7, 11) is 0. The van der Waals surface area contributed by atoms with Gasteiger partial charge in [0.05, 0.1) is 0 Å². The molecule has 0 radical (unpaired) electrons. The average Bonchev–Trinajstić information content (AvgIpc) is 2.45. The number of unbranched alkanes of at least 4 members (excludes halogenated alkanes) is 5. The van der Waals surface area contributed by atoms with Crippen LogP contribution in [0.25, 0.3) is 0 Å². The standard InChI is InChI=1S/C18H31NS/c1-4-5-6-7-8-9-13-20-18-12-10-11-17(14-18)15-19-16(2)3/h10-12,14,16,19H,4-9,13,15H2,1-3H3. The van der Waals surface area contributed by atoms with Crippen LogP contribution in [0, 0.1) is 0 Å². The number of thioether (sulfide) groups is 1. The first-order chi connectivity index (χ1) is 9.72. The predicted octanol–water partition coefficient (Wildman–Crippen LogP) is 5.64. The number of rotatable bonds is 11. The molecule has 0 aromatic heterocycles. The van der Waals surface area contributed by atoms with Crippen molar-refractivity contribution in [1.29, 1.82) is 0 Å². The third-order valence-electron chi connectivity index (χ3n) is 3.38. The Balaban J connectivity index is 2.18. The van der Waals surface area contributed by atoms with E-state index in [1.807, 2.05) is 11.8 Å². The molecule has 20 heavy (non-hydrogen) atoms. The number of nitrogens with one attached hydrogen (secondary N) is 1. The van der Waals surface area contributed by atoms with Crippen LogP contribution < -0.4 is 5.32 Å². The van der Waals surface area contributed by atoms with Gasteiger partial charge in [-0.3, -0.25) is 0 Å². The second-order valence-electron chi connectivity index (χ2n) is 5.80. The van der Waals surface area contributed by atoms with Gasteiger partial charge in [-0.1, -0.05) is 65.0 Å². The molecular weight excluding hydrogens is 262 g/mol. The summed E-state index contributed by atoms with van der Waals surface area (Å²) in [5.41, 5.74) is 1.40. The fraction of sp³-hybridized carbons (Fsp3) is 0.667. The Bertz CT molecular complexity index is 349. The molecule has 1 N–H and O–H groups in total. The quantitative estimate of drug-likeness (QED) is 0.419. The number of benzene rings is 1. The van der Waals surface area contributed by atoms with Crippen molar-refractivity contribution < 1.29 is 0 Å². The Morgan fingerprint density at radius 2 is 1.80 bits per heavy atom. The highest BCUT2D eigenvalue weighted by Crippen LogP contribution is 2.21. The van der Waals surface area contributed by atoms with Gasteiger partial charge in [0.1, 0.15) is 0 Å². The van der Waals surface area contributed by atoms with E-state index >= 15 is 0 Å². The number of hydrogen-bond donors (Lipinski definition) is 1. The normalized spacial score (nSPS) is 11.2. The molecule has 0 unspecified atom stereocenters. The molecule has 0 heterocycles. The molecule has 0 aliphatic heterocycles. The highest BCUT2D eigenvalue weighted by Gasteiger charge is 1.99. The van der Waals surface area contributed by atoms with Crippen LogP contribution in [0.15, 0.2) is 29.2 Å². The van der Waals surface area contributed by atoms with Crippen LogP contribution in [0.2, 0.25) is 0 Å². The van der Waals surface area contributed by atoms with Crippen LogP contribution >= 0.6 is 11.8 Å². The fourth-order valence-electron chi connectivity index (χ4n) is 2.14. The first kappa shape index (κ1) is 17.6. The van der Waals surface area contributed by atoms with Crippen LogP contribution in [0.3, 0.4) is 0 Å². The molecule has 0 amide bonds. The molecule has 1 aromatic rings. The summed E-state index contributed by atoms with van der Waals surface area (Å²) < 4.78 is 0. The molecule has 1 rings (SSSR count). The van der Waals surface area contributed by atoms with Crippen molar-refractivity contribution in [3.8, 4) is 0 Å². The minimum atomic E-state index is 0.550. The van der Waals surface area contributed by atoms with Crippen molar-refractivity contribution >= 4 is 11.8 Å². The van der Waals surface area contributed by atoms with E-state index in [9.17, 15) is 0 Å². The molecule has 1 nitrogen and oxygen atoms in total. The summed E-state index contributed by atoms with van der Waals surface area (Å²) >= 11 is 2.00. The molecule has 1 aromatic carbocycles. The molecule has 0 aliphatic carbocycles. The largest absolute Gasteiger partial charge is 0.310 e. The Hall–Kier alpha value is -0.470. The molecule has 0 spiro atoms. The Kier molecular flexibility index (Phi) is 9.86. The minimum absolute atomic E-state index is 0.550. The molecule has 114 valence electrons. The first-order valence-corrected chi connectivity index (χ1v) is 9.16. The number of hydrogen-bond acceptors (Lipinski definition) is 2. The van der Waals surface area contributed by atoms with Gasteiger partial charge in [0.15, 0.2) is 0 Å². The van der Waals surface area contributed by atoms with Crippen molar-refractivity contribution in [1.82, 2.24) is 5.32 Å². The second-order valence-corrected chi connectivity index (χ2v) is 6.97. The fourth-order valence-corrected chi connectivity index (χ4v) is 3.13. The molecule has 2 heteroatoms. The molecule has 0 atom stereocenters. The Labute approximate surface area is 129 Å². The van der Waals surface area contributed by atoms with Crippen molar-refractivity contribution in [3.05, 3.63) is 29.8 Å². The van der Waals surface area contributed by atoms with Gasteiger partial charge >= 0.3 is 0 Å². The van der Waals surface area contributed by atoms with Gasteiger partial charge in [0.25, 0.3) is 0 Å².